The maximum absolute atomic E-state index is 12.5. The van der Waals surface area contributed by atoms with Crippen LogP contribution in [0.2, 0.25) is 0 Å². The van der Waals surface area contributed by atoms with Gasteiger partial charge in [0, 0.05) is 43.3 Å². The standard InChI is InChI=1S/C24H32N4O3/c1-27(2)17-19(23(30)18-9-4-3-5-10-18)16-25-24(31)26-20-11-8-12-21(15-20)28-14-7-6-13-22(28)29/h3-5,8-12,15,19,23,30H,6-7,13-14,16-17H2,1-2H3,(H2,25,26,31). The monoisotopic (exact) mass is 424 g/mol. The molecule has 1 saturated heterocycles. The van der Waals surface area contributed by atoms with Crippen LogP contribution in [0.1, 0.15) is 30.9 Å². The van der Waals surface area contributed by atoms with Crippen molar-refractivity contribution in [3.63, 3.8) is 0 Å². The van der Waals surface area contributed by atoms with Gasteiger partial charge in [-0.3, -0.25) is 4.79 Å². The Kier molecular flexibility index (Phi) is 8.03. The fourth-order valence-electron chi connectivity index (χ4n) is 3.90. The van der Waals surface area contributed by atoms with Gasteiger partial charge >= 0.3 is 6.03 Å². The smallest absolute Gasteiger partial charge is 0.319 e. The molecule has 7 nitrogen and oxygen atoms in total. The molecule has 2 aromatic carbocycles. The molecule has 166 valence electrons. The molecule has 3 N–H and O–H groups in total. The molecule has 1 heterocycles. The molecule has 3 amide bonds. The summed E-state index contributed by atoms with van der Waals surface area (Å²) in [5, 5.41) is 16.5. The van der Waals surface area contributed by atoms with Gasteiger partial charge in [-0.2, -0.15) is 0 Å². The van der Waals surface area contributed by atoms with Crippen molar-refractivity contribution >= 4 is 23.3 Å². The minimum atomic E-state index is -0.683. The van der Waals surface area contributed by atoms with Crippen molar-refractivity contribution in [1.29, 1.82) is 0 Å². The summed E-state index contributed by atoms with van der Waals surface area (Å²) in [7, 11) is 3.89. The van der Waals surface area contributed by atoms with E-state index in [2.05, 4.69) is 10.6 Å². The average molecular weight is 425 g/mol. The number of nitrogens with zero attached hydrogens (tertiary/aromatic N) is 2. The fraction of sp³-hybridized carbons (Fsp3) is 0.417. The number of anilines is 2. The van der Waals surface area contributed by atoms with Gasteiger partial charge in [-0.25, -0.2) is 4.79 Å². The summed E-state index contributed by atoms with van der Waals surface area (Å²) in [4.78, 5) is 28.5. The number of carbonyl (C=O) groups is 2. The summed E-state index contributed by atoms with van der Waals surface area (Å²) >= 11 is 0. The third-order valence-corrected chi connectivity index (χ3v) is 5.45. The Morgan fingerprint density at radius 2 is 1.90 bits per heavy atom. The highest BCUT2D eigenvalue weighted by atomic mass is 16.3. The van der Waals surface area contributed by atoms with Crippen LogP contribution in [0.25, 0.3) is 0 Å². The van der Waals surface area contributed by atoms with Crippen molar-refractivity contribution in [3.05, 3.63) is 60.2 Å². The summed E-state index contributed by atoms with van der Waals surface area (Å²) < 4.78 is 0. The fourth-order valence-corrected chi connectivity index (χ4v) is 3.90. The van der Waals surface area contributed by atoms with E-state index >= 15 is 0 Å². The molecule has 31 heavy (non-hydrogen) atoms. The lowest BCUT2D eigenvalue weighted by atomic mass is 9.95. The highest BCUT2D eigenvalue weighted by molar-refractivity contribution is 5.95. The third kappa shape index (κ3) is 6.54. The largest absolute Gasteiger partial charge is 0.388 e. The first-order valence-electron chi connectivity index (χ1n) is 10.8. The molecular formula is C24H32N4O3. The number of aliphatic hydroxyl groups excluding tert-OH is 1. The molecule has 2 aromatic rings. The van der Waals surface area contributed by atoms with Crippen molar-refractivity contribution in [2.24, 2.45) is 5.92 Å². The topological polar surface area (TPSA) is 84.9 Å². The molecule has 2 unspecified atom stereocenters. The van der Waals surface area contributed by atoms with Gasteiger partial charge in [-0.1, -0.05) is 36.4 Å². The van der Waals surface area contributed by atoms with Crippen LogP contribution in [-0.2, 0) is 4.79 Å². The quantitative estimate of drug-likeness (QED) is 0.607. The zero-order chi connectivity index (χ0) is 22.2. The second kappa shape index (κ2) is 10.9. The van der Waals surface area contributed by atoms with Gasteiger partial charge in [0.05, 0.1) is 6.10 Å². The number of hydrogen-bond donors (Lipinski definition) is 3. The van der Waals surface area contributed by atoms with Crippen molar-refractivity contribution in [1.82, 2.24) is 10.2 Å². The number of amides is 3. The van der Waals surface area contributed by atoms with E-state index in [0.29, 0.717) is 31.7 Å². The van der Waals surface area contributed by atoms with E-state index in [1.807, 2.05) is 67.5 Å². The number of hydrogen-bond acceptors (Lipinski definition) is 4. The Labute approximate surface area is 184 Å². The molecule has 7 heteroatoms. The first kappa shape index (κ1) is 22.8. The van der Waals surface area contributed by atoms with E-state index in [0.717, 1.165) is 24.1 Å². The third-order valence-electron chi connectivity index (χ3n) is 5.45. The Hall–Kier alpha value is -2.90. The van der Waals surface area contributed by atoms with E-state index in [1.54, 1.807) is 11.0 Å². The minimum Gasteiger partial charge on any atom is -0.388 e. The first-order chi connectivity index (χ1) is 14.9. The van der Waals surface area contributed by atoms with E-state index < -0.39 is 6.10 Å². The van der Waals surface area contributed by atoms with Crippen LogP contribution in [0, 0.1) is 5.92 Å². The van der Waals surface area contributed by atoms with Crippen molar-refractivity contribution in [2.45, 2.75) is 25.4 Å². The number of aliphatic hydroxyl groups is 1. The Bertz CT molecular complexity index is 872. The number of carbonyl (C=O) groups excluding carboxylic acids is 2. The lowest BCUT2D eigenvalue weighted by molar-refractivity contribution is -0.119. The molecule has 1 aliphatic rings. The molecule has 0 spiro atoms. The number of nitrogens with one attached hydrogen (secondary N) is 2. The van der Waals surface area contributed by atoms with Gasteiger partial charge in [-0.15, -0.1) is 0 Å². The molecular weight excluding hydrogens is 392 g/mol. The van der Waals surface area contributed by atoms with E-state index in [1.165, 1.54) is 0 Å². The van der Waals surface area contributed by atoms with Gasteiger partial charge in [0.15, 0.2) is 0 Å². The first-order valence-corrected chi connectivity index (χ1v) is 10.8. The number of urea groups is 1. The van der Waals surface area contributed by atoms with Crippen molar-refractivity contribution < 1.29 is 14.7 Å². The van der Waals surface area contributed by atoms with Gasteiger partial charge in [0.2, 0.25) is 5.91 Å². The maximum Gasteiger partial charge on any atom is 0.319 e. The molecule has 0 aromatic heterocycles. The highest BCUT2D eigenvalue weighted by Gasteiger charge is 2.23. The van der Waals surface area contributed by atoms with Crippen LogP contribution < -0.4 is 15.5 Å². The summed E-state index contributed by atoms with van der Waals surface area (Å²) in [6.07, 6.45) is 1.80. The Morgan fingerprint density at radius 3 is 2.61 bits per heavy atom. The normalized spacial score (nSPS) is 16.1. The lowest BCUT2D eigenvalue weighted by Gasteiger charge is -2.27. The number of piperidine rings is 1. The molecule has 1 aliphatic heterocycles. The Balaban J connectivity index is 1.60. The lowest BCUT2D eigenvalue weighted by Crippen LogP contribution is -2.39. The molecule has 0 bridgehead atoms. The molecule has 0 saturated carbocycles. The summed E-state index contributed by atoms with van der Waals surface area (Å²) in [5.74, 6) is -0.0465. The molecule has 1 fully saturated rings. The average Bonchev–Trinajstić information content (AvgIpc) is 2.77. The van der Waals surface area contributed by atoms with Crippen LogP contribution in [0.4, 0.5) is 16.2 Å². The zero-order valence-corrected chi connectivity index (χ0v) is 18.3. The van der Waals surface area contributed by atoms with Crippen LogP contribution >= 0.6 is 0 Å². The molecule has 0 aliphatic carbocycles. The second-order valence-corrected chi connectivity index (χ2v) is 8.27. The van der Waals surface area contributed by atoms with Gasteiger partial charge in [0.1, 0.15) is 0 Å². The predicted molar refractivity (Wildman–Crippen MR) is 123 cm³/mol. The number of rotatable bonds is 8. The summed E-state index contributed by atoms with van der Waals surface area (Å²) in [5.41, 5.74) is 2.25. The summed E-state index contributed by atoms with van der Waals surface area (Å²) in [6.45, 7) is 1.66. The van der Waals surface area contributed by atoms with Crippen LogP contribution in [0.15, 0.2) is 54.6 Å². The van der Waals surface area contributed by atoms with Crippen LogP contribution in [0.3, 0.4) is 0 Å². The molecule has 0 radical (unpaired) electrons. The Morgan fingerprint density at radius 1 is 1.13 bits per heavy atom. The zero-order valence-electron chi connectivity index (χ0n) is 18.3. The SMILES string of the molecule is CN(C)CC(CNC(=O)Nc1cccc(N2CCCCC2=O)c1)C(O)c1ccccc1. The predicted octanol–water partition coefficient (Wildman–Crippen LogP) is 3.24. The molecule has 2 atom stereocenters. The van der Waals surface area contributed by atoms with Gasteiger partial charge in [0.25, 0.3) is 0 Å². The van der Waals surface area contributed by atoms with Gasteiger partial charge in [-0.05, 0) is 50.7 Å². The van der Waals surface area contributed by atoms with Crippen LogP contribution in [-0.4, -0.2) is 55.7 Å². The molecule has 3 rings (SSSR count). The van der Waals surface area contributed by atoms with Crippen molar-refractivity contribution in [2.75, 3.05) is 43.9 Å². The number of benzene rings is 2. The van der Waals surface area contributed by atoms with Gasteiger partial charge < -0.3 is 25.5 Å². The van der Waals surface area contributed by atoms with Crippen LogP contribution in [0.5, 0.6) is 0 Å². The second-order valence-electron chi connectivity index (χ2n) is 8.27. The van der Waals surface area contributed by atoms with E-state index in [-0.39, 0.29) is 17.9 Å². The minimum absolute atomic E-state index is 0.120. The van der Waals surface area contributed by atoms with E-state index in [4.69, 9.17) is 0 Å². The maximum atomic E-state index is 12.5. The summed E-state index contributed by atoms with van der Waals surface area (Å²) in [6, 6.07) is 16.5. The van der Waals surface area contributed by atoms with Crippen molar-refractivity contribution in [3.8, 4) is 0 Å². The highest BCUT2D eigenvalue weighted by Crippen LogP contribution is 2.24. The van der Waals surface area contributed by atoms with E-state index in [9.17, 15) is 14.7 Å².